The lowest BCUT2D eigenvalue weighted by Gasteiger charge is -2.43. The first kappa shape index (κ1) is 12.0. The van der Waals surface area contributed by atoms with Crippen molar-refractivity contribution in [2.75, 3.05) is 26.2 Å². The van der Waals surface area contributed by atoms with Crippen molar-refractivity contribution in [1.29, 1.82) is 0 Å². The van der Waals surface area contributed by atoms with Crippen LogP contribution in [0.5, 0.6) is 0 Å². The van der Waals surface area contributed by atoms with Crippen LogP contribution in [0.25, 0.3) is 0 Å². The molecule has 0 aromatic rings. The summed E-state index contributed by atoms with van der Waals surface area (Å²) >= 11 is 0. The van der Waals surface area contributed by atoms with Gasteiger partial charge in [-0.05, 0) is 52.1 Å². The second kappa shape index (κ2) is 5.10. The van der Waals surface area contributed by atoms with E-state index in [2.05, 4.69) is 18.7 Å². The Morgan fingerprint density at radius 2 is 2.21 bits per heavy atom. The first-order valence-corrected chi connectivity index (χ1v) is 5.66. The molecule has 1 atom stereocenters. The van der Waals surface area contributed by atoms with Gasteiger partial charge in [0.15, 0.2) is 0 Å². The normalized spacial score (nSPS) is 25.3. The van der Waals surface area contributed by atoms with E-state index < -0.39 is 0 Å². The van der Waals surface area contributed by atoms with Gasteiger partial charge in [-0.25, -0.2) is 0 Å². The number of hydrogen-bond donors (Lipinski definition) is 2. The average Bonchev–Trinajstić information content (AvgIpc) is 2.18. The molecule has 0 aliphatic carbocycles. The van der Waals surface area contributed by atoms with Crippen LogP contribution in [0.4, 0.5) is 0 Å². The van der Waals surface area contributed by atoms with Crippen molar-refractivity contribution in [3.05, 3.63) is 0 Å². The largest absolute Gasteiger partial charge is 0.396 e. The number of aliphatic hydroxyl groups is 1. The molecule has 0 bridgehead atoms. The Morgan fingerprint density at radius 3 is 2.79 bits per heavy atom. The molecule has 3 nitrogen and oxygen atoms in total. The van der Waals surface area contributed by atoms with Crippen molar-refractivity contribution in [2.24, 2.45) is 11.7 Å². The lowest BCUT2D eigenvalue weighted by atomic mass is 9.91. The van der Waals surface area contributed by atoms with Crippen LogP contribution in [0.2, 0.25) is 0 Å². The van der Waals surface area contributed by atoms with Crippen LogP contribution in [0.1, 0.15) is 33.1 Å². The summed E-state index contributed by atoms with van der Waals surface area (Å²) in [7, 11) is 0. The fourth-order valence-electron chi connectivity index (χ4n) is 2.28. The molecule has 0 radical (unpaired) electrons. The van der Waals surface area contributed by atoms with Crippen molar-refractivity contribution in [1.82, 2.24) is 4.90 Å². The molecule has 1 aliphatic heterocycles. The van der Waals surface area contributed by atoms with E-state index in [4.69, 9.17) is 10.8 Å². The minimum absolute atomic E-state index is 0.197. The molecule has 1 saturated heterocycles. The Labute approximate surface area is 87.3 Å². The second-order valence-electron chi connectivity index (χ2n) is 4.99. The zero-order chi connectivity index (χ0) is 10.6. The van der Waals surface area contributed by atoms with E-state index in [1.165, 1.54) is 12.8 Å². The van der Waals surface area contributed by atoms with E-state index in [-0.39, 0.29) is 5.54 Å². The molecule has 1 aliphatic rings. The molecular weight excluding hydrogens is 176 g/mol. The van der Waals surface area contributed by atoms with Gasteiger partial charge in [-0.3, -0.25) is 4.90 Å². The predicted molar refractivity (Wildman–Crippen MR) is 59.1 cm³/mol. The number of hydrogen-bond acceptors (Lipinski definition) is 3. The molecule has 14 heavy (non-hydrogen) atoms. The molecule has 3 N–H and O–H groups in total. The molecule has 3 heteroatoms. The van der Waals surface area contributed by atoms with Gasteiger partial charge in [0.25, 0.3) is 0 Å². The fourth-order valence-corrected chi connectivity index (χ4v) is 2.28. The molecule has 1 fully saturated rings. The third-order valence-electron chi connectivity index (χ3n) is 3.39. The highest BCUT2D eigenvalue weighted by Gasteiger charge is 2.30. The van der Waals surface area contributed by atoms with Crippen LogP contribution < -0.4 is 5.73 Å². The monoisotopic (exact) mass is 200 g/mol. The number of nitrogens with zero attached hydrogens (tertiary/aromatic N) is 1. The third kappa shape index (κ3) is 2.94. The zero-order valence-corrected chi connectivity index (χ0v) is 9.50. The Balaban J connectivity index is 2.49. The van der Waals surface area contributed by atoms with Crippen LogP contribution >= 0.6 is 0 Å². The molecule has 0 aromatic heterocycles. The minimum Gasteiger partial charge on any atom is -0.396 e. The van der Waals surface area contributed by atoms with Gasteiger partial charge in [0.05, 0.1) is 0 Å². The fraction of sp³-hybridized carbons (Fsp3) is 1.00. The SMILES string of the molecule is CC(C)(CCN)N1CCCC(CO)C1. The van der Waals surface area contributed by atoms with E-state index in [1.54, 1.807) is 0 Å². The minimum atomic E-state index is 0.197. The summed E-state index contributed by atoms with van der Waals surface area (Å²) < 4.78 is 0. The lowest BCUT2D eigenvalue weighted by molar-refractivity contribution is 0.0430. The number of likely N-dealkylation sites (tertiary alicyclic amines) is 1. The summed E-state index contributed by atoms with van der Waals surface area (Å²) in [5, 5.41) is 9.15. The summed E-state index contributed by atoms with van der Waals surface area (Å²) in [6.07, 6.45) is 3.41. The Bertz CT molecular complexity index is 171. The van der Waals surface area contributed by atoms with Crippen LogP contribution in [0.15, 0.2) is 0 Å². The van der Waals surface area contributed by atoms with Gasteiger partial charge in [-0.2, -0.15) is 0 Å². The molecule has 0 saturated carbocycles. The third-order valence-corrected chi connectivity index (χ3v) is 3.39. The number of aliphatic hydroxyl groups excluding tert-OH is 1. The van der Waals surface area contributed by atoms with E-state index >= 15 is 0 Å². The average molecular weight is 200 g/mol. The zero-order valence-electron chi connectivity index (χ0n) is 9.50. The number of rotatable bonds is 4. The van der Waals surface area contributed by atoms with Crippen molar-refractivity contribution in [3.63, 3.8) is 0 Å². The lowest BCUT2D eigenvalue weighted by Crippen LogP contribution is -2.50. The number of piperidine rings is 1. The Kier molecular flexibility index (Phi) is 4.35. The van der Waals surface area contributed by atoms with E-state index in [0.29, 0.717) is 12.5 Å². The van der Waals surface area contributed by atoms with Crippen molar-refractivity contribution < 1.29 is 5.11 Å². The van der Waals surface area contributed by atoms with Gasteiger partial charge < -0.3 is 10.8 Å². The van der Waals surface area contributed by atoms with Crippen LogP contribution in [0.3, 0.4) is 0 Å². The molecule has 84 valence electrons. The quantitative estimate of drug-likeness (QED) is 0.706. The van der Waals surface area contributed by atoms with Crippen molar-refractivity contribution in [3.8, 4) is 0 Å². The van der Waals surface area contributed by atoms with Gasteiger partial charge in [-0.15, -0.1) is 0 Å². The van der Waals surface area contributed by atoms with E-state index in [9.17, 15) is 0 Å². The second-order valence-corrected chi connectivity index (χ2v) is 4.99. The van der Waals surface area contributed by atoms with Crippen LogP contribution in [0, 0.1) is 5.92 Å². The molecular formula is C11H24N2O. The summed E-state index contributed by atoms with van der Waals surface area (Å²) in [6.45, 7) is 7.76. The highest BCUT2D eigenvalue weighted by molar-refractivity contribution is 4.86. The molecule has 1 heterocycles. The highest BCUT2D eigenvalue weighted by atomic mass is 16.3. The molecule has 0 aromatic carbocycles. The first-order chi connectivity index (χ1) is 6.60. The van der Waals surface area contributed by atoms with Crippen LogP contribution in [-0.2, 0) is 0 Å². The summed E-state index contributed by atoms with van der Waals surface area (Å²) in [5.74, 6) is 0.473. The maximum absolute atomic E-state index is 9.15. The summed E-state index contributed by atoms with van der Waals surface area (Å²) in [6, 6.07) is 0. The van der Waals surface area contributed by atoms with Gasteiger partial charge in [-0.1, -0.05) is 0 Å². The van der Waals surface area contributed by atoms with Crippen LogP contribution in [-0.4, -0.2) is 41.8 Å². The number of nitrogens with two attached hydrogens (primary N) is 1. The van der Waals surface area contributed by atoms with Gasteiger partial charge in [0.1, 0.15) is 0 Å². The van der Waals surface area contributed by atoms with Gasteiger partial charge in [0.2, 0.25) is 0 Å². The van der Waals surface area contributed by atoms with Crippen molar-refractivity contribution >= 4 is 0 Å². The summed E-state index contributed by atoms with van der Waals surface area (Å²) in [5.41, 5.74) is 5.81. The predicted octanol–water partition coefficient (Wildman–Crippen LogP) is 0.818. The Hall–Kier alpha value is -0.120. The molecule has 1 rings (SSSR count). The van der Waals surface area contributed by atoms with E-state index in [0.717, 1.165) is 26.1 Å². The summed E-state index contributed by atoms with van der Waals surface area (Å²) in [4.78, 5) is 2.48. The van der Waals surface area contributed by atoms with Gasteiger partial charge in [0, 0.05) is 18.7 Å². The smallest absolute Gasteiger partial charge is 0.0471 e. The van der Waals surface area contributed by atoms with E-state index in [1.807, 2.05) is 0 Å². The standard InChI is InChI=1S/C11H24N2O/c1-11(2,5-6-12)13-7-3-4-10(8-13)9-14/h10,14H,3-9,12H2,1-2H3. The van der Waals surface area contributed by atoms with Gasteiger partial charge >= 0.3 is 0 Å². The maximum Gasteiger partial charge on any atom is 0.0471 e. The maximum atomic E-state index is 9.15. The van der Waals surface area contributed by atoms with Crippen molar-refractivity contribution in [2.45, 2.75) is 38.6 Å². The topological polar surface area (TPSA) is 49.5 Å². The Morgan fingerprint density at radius 1 is 1.50 bits per heavy atom. The first-order valence-electron chi connectivity index (χ1n) is 5.66. The molecule has 0 spiro atoms. The molecule has 0 amide bonds. The molecule has 1 unspecified atom stereocenters. The highest BCUT2D eigenvalue weighted by Crippen LogP contribution is 2.25.